The average molecular weight is 320 g/mol. The fourth-order valence-corrected chi connectivity index (χ4v) is 2.58. The highest BCUT2D eigenvalue weighted by Crippen LogP contribution is 2.22. The minimum Gasteiger partial charge on any atom is -0.628 e. The zero-order chi connectivity index (χ0) is 16.1. The first-order valence-electron chi connectivity index (χ1n) is 7.34. The number of hydrogen-bond acceptors (Lipinski definition) is 6. The third-order valence-corrected chi connectivity index (χ3v) is 4.14. The molecule has 0 bridgehead atoms. The van der Waals surface area contributed by atoms with E-state index in [1.54, 1.807) is 0 Å². The number of unbranched alkanes of at least 4 members (excludes halogenated alkanes) is 6. The fraction of sp³-hybridized carbons (Fsp3) is 0.786. The molecule has 0 radical (unpaired) electrons. The lowest BCUT2D eigenvalue weighted by Crippen LogP contribution is -2.15. The van der Waals surface area contributed by atoms with Crippen molar-refractivity contribution >= 4 is 25.5 Å². The average Bonchev–Trinajstić information content (AvgIpc) is 2.43. The molecular weight excluding hydrogens is 295 g/mol. The van der Waals surface area contributed by atoms with Gasteiger partial charge in [0.25, 0.3) is 0 Å². The van der Waals surface area contributed by atoms with Gasteiger partial charge < -0.3 is 10.00 Å². The number of rotatable bonds is 10. The number of aliphatic hydroxyl groups is 1. The number of carbonyl (C=O) groups is 2. The lowest BCUT2D eigenvalue weighted by Gasteiger charge is -2.07. The molecule has 1 N–H and O–H groups in total. The van der Waals surface area contributed by atoms with Gasteiger partial charge in [0.1, 0.15) is 0 Å². The van der Waals surface area contributed by atoms with Gasteiger partial charge in [-0.15, -0.1) is 0 Å². The maximum absolute atomic E-state index is 11.6. The summed E-state index contributed by atoms with van der Waals surface area (Å²) in [5.74, 6) is -2.15. The standard InChI is InChI=1S/C14H25O6P/c1-3-4-5-6-7-8-9-10-14(17)21(18)11-13(16)20-19-12(2)15/h11,14,17H,3-10H2,1-2H3. The monoisotopic (exact) mass is 320 g/mol. The summed E-state index contributed by atoms with van der Waals surface area (Å²) in [5, 5.41) is 9.65. The Morgan fingerprint density at radius 2 is 1.71 bits per heavy atom. The molecular formula is C14H25O6P. The van der Waals surface area contributed by atoms with Crippen LogP contribution in [-0.4, -0.2) is 28.7 Å². The minimum absolute atomic E-state index is 0.375. The Morgan fingerprint density at radius 1 is 1.14 bits per heavy atom. The summed E-state index contributed by atoms with van der Waals surface area (Å²) >= 11 is 0. The summed E-state index contributed by atoms with van der Waals surface area (Å²) in [5.41, 5.74) is 0. The van der Waals surface area contributed by atoms with Crippen LogP contribution in [0.5, 0.6) is 0 Å². The van der Waals surface area contributed by atoms with Crippen molar-refractivity contribution in [2.45, 2.75) is 71.1 Å². The predicted molar refractivity (Wildman–Crippen MR) is 79.5 cm³/mol. The maximum atomic E-state index is 11.6. The molecule has 0 aromatic rings. The molecule has 0 amide bonds. The van der Waals surface area contributed by atoms with Gasteiger partial charge in [0.15, 0.2) is 5.80 Å². The highest BCUT2D eigenvalue weighted by Gasteiger charge is 2.16. The van der Waals surface area contributed by atoms with Crippen LogP contribution in [0.1, 0.15) is 65.2 Å². The van der Waals surface area contributed by atoms with Crippen LogP contribution in [-0.2, 0) is 19.4 Å². The van der Waals surface area contributed by atoms with Crippen molar-refractivity contribution in [1.29, 1.82) is 0 Å². The quantitative estimate of drug-likeness (QED) is 0.286. The van der Waals surface area contributed by atoms with Crippen molar-refractivity contribution in [2.24, 2.45) is 0 Å². The first-order valence-corrected chi connectivity index (χ1v) is 8.74. The van der Waals surface area contributed by atoms with E-state index in [1.807, 2.05) is 0 Å². The molecule has 0 saturated carbocycles. The van der Waals surface area contributed by atoms with Crippen molar-refractivity contribution in [3.05, 3.63) is 0 Å². The van der Waals surface area contributed by atoms with E-state index in [0.29, 0.717) is 6.42 Å². The molecule has 0 fully saturated rings. The Labute approximate surface area is 126 Å². The third kappa shape index (κ3) is 12.5. The number of aliphatic hydroxyl groups excluding tert-OH is 1. The summed E-state index contributed by atoms with van der Waals surface area (Å²) in [4.78, 5) is 41.2. The van der Waals surface area contributed by atoms with E-state index in [9.17, 15) is 19.6 Å². The van der Waals surface area contributed by atoms with Gasteiger partial charge in [0.2, 0.25) is 5.85 Å². The topological polar surface area (TPSA) is 95.9 Å². The van der Waals surface area contributed by atoms with E-state index in [-0.39, 0.29) is 0 Å². The smallest absolute Gasteiger partial charge is 0.420 e. The van der Waals surface area contributed by atoms with Crippen molar-refractivity contribution in [2.75, 3.05) is 0 Å². The molecule has 0 aliphatic rings. The Balaban J connectivity index is 3.80. The van der Waals surface area contributed by atoms with Crippen molar-refractivity contribution in [3.8, 4) is 0 Å². The molecule has 122 valence electrons. The molecule has 0 aliphatic heterocycles. The van der Waals surface area contributed by atoms with E-state index in [4.69, 9.17) is 0 Å². The molecule has 6 nitrogen and oxygen atoms in total. The van der Waals surface area contributed by atoms with Crippen LogP contribution in [0.15, 0.2) is 0 Å². The summed E-state index contributed by atoms with van der Waals surface area (Å²) in [6.07, 6.45) is 8.07. The van der Waals surface area contributed by atoms with E-state index in [0.717, 1.165) is 32.0 Å². The third-order valence-electron chi connectivity index (χ3n) is 2.83. The SMILES string of the molecule is CCCCCCCCCC(O)/[P+]([O-])=C/C(=O)OOC(C)=O. The first-order chi connectivity index (χ1) is 9.97. The van der Waals surface area contributed by atoms with Crippen molar-refractivity contribution < 1.29 is 29.4 Å². The lowest BCUT2D eigenvalue weighted by molar-refractivity contribution is -0.250. The second-order valence-corrected chi connectivity index (χ2v) is 6.43. The molecule has 0 aromatic carbocycles. The van der Waals surface area contributed by atoms with Crippen LogP contribution in [0.4, 0.5) is 0 Å². The first kappa shape index (κ1) is 20.0. The molecule has 2 atom stereocenters. The van der Waals surface area contributed by atoms with Gasteiger partial charge in [-0.3, -0.25) is 0 Å². The summed E-state index contributed by atoms with van der Waals surface area (Å²) in [6, 6.07) is 0. The minimum atomic E-state index is -2.23. The molecule has 2 unspecified atom stereocenters. The molecule has 0 aromatic heterocycles. The maximum Gasteiger partial charge on any atom is 0.420 e. The van der Waals surface area contributed by atoms with E-state index >= 15 is 0 Å². The van der Waals surface area contributed by atoms with Crippen LogP contribution in [0, 0.1) is 0 Å². The fourth-order valence-electron chi connectivity index (χ4n) is 1.72. The molecule has 21 heavy (non-hydrogen) atoms. The van der Waals surface area contributed by atoms with Gasteiger partial charge in [-0.25, -0.2) is 19.4 Å². The number of hydrogen-bond donors (Lipinski definition) is 1. The van der Waals surface area contributed by atoms with Crippen LogP contribution >= 0.6 is 7.77 Å². The zero-order valence-electron chi connectivity index (χ0n) is 12.7. The molecule has 0 aliphatic carbocycles. The van der Waals surface area contributed by atoms with Crippen LogP contribution in [0.2, 0.25) is 0 Å². The van der Waals surface area contributed by atoms with Crippen LogP contribution < -0.4 is 4.89 Å². The van der Waals surface area contributed by atoms with E-state index < -0.39 is 25.6 Å². The molecule has 0 heterocycles. The normalized spacial score (nSPS) is 12.9. The highest BCUT2D eigenvalue weighted by atomic mass is 31.1. The Morgan fingerprint density at radius 3 is 2.29 bits per heavy atom. The Bertz CT molecular complexity index is 342. The second kappa shape index (κ2) is 12.7. The van der Waals surface area contributed by atoms with Crippen LogP contribution in [0.25, 0.3) is 0 Å². The second-order valence-electron chi connectivity index (χ2n) is 4.86. The molecule has 0 spiro atoms. The summed E-state index contributed by atoms with van der Waals surface area (Å²) in [7, 11) is -2.23. The summed E-state index contributed by atoms with van der Waals surface area (Å²) in [6.45, 7) is 3.23. The number of carbonyl (C=O) groups excluding carboxylic acids is 2. The largest absolute Gasteiger partial charge is 0.628 e. The van der Waals surface area contributed by atoms with Gasteiger partial charge >= 0.3 is 11.9 Å². The highest BCUT2D eigenvalue weighted by molar-refractivity contribution is 7.52. The van der Waals surface area contributed by atoms with Gasteiger partial charge in [0, 0.05) is 13.3 Å². The molecule has 0 rings (SSSR count). The van der Waals surface area contributed by atoms with E-state index in [2.05, 4.69) is 16.7 Å². The van der Waals surface area contributed by atoms with Gasteiger partial charge in [-0.05, 0) is 6.42 Å². The Kier molecular flexibility index (Phi) is 12.2. The molecule has 0 saturated heterocycles. The van der Waals surface area contributed by atoms with Crippen LogP contribution in [0.3, 0.4) is 0 Å². The van der Waals surface area contributed by atoms with Gasteiger partial charge in [-0.1, -0.05) is 45.4 Å². The van der Waals surface area contributed by atoms with Gasteiger partial charge in [0.05, 0.1) is 7.77 Å². The van der Waals surface area contributed by atoms with E-state index in [1.165, 1.54) is 25.7 Å². The zero-order valence-corrected chi connectivity index (χ0v) is 13.6. The molecule has 7 heteroatoms. The van der Waals surface area contributed by atoms with Crippen molar-refractivity contribution in [1.82, 2.24) is 0 Å². The van der Waals surface area contributed by atoms with Crippen molar-refractivity contribution in [3.63, 3.8) is 0 Å². The van der Waals surface area contributed by atoms with Gasteiger partial charge in [-0.2, -0.15) is 0 Å². The summed E-state index contributed by atoms with van der Waals surface area (Å²) < 4.78 is 0. The Hall–Kier alpha value is -0.970. The predicted octanol–water partition coefficient (Wildman–Crippen LogP) is 2.03. The lowest BCUT2D eigenvalue weighted by atomic mass is 10.1.